The monoisotopic (exact) mass is 271 g/mol. The van der Waals surface area contributed by atoms with Crippen molar-refractivity contribution in [3.63, 3.8) is 0 Å². The molecule has 0 heterocycles. The third-order valence-electron chi connectivity index (χ3n) is 3.35. The second-order valence-electron chi connectivity index (χ2n) is 4.90. The molecular weight excluding hydrogens is 250 g/mol. The summed E-state index contributed by atoms with van der Waals surface area (Å²) in [5.74, 6) is -1.41. The van der Waals surface area contributed by atoms with Gasteiger partial charge in [-0.3, -0.25) is 4.79 Å². The number of rotatable bonds is 6. The Morgan fingerprint density at radius 3 is 2.32 bits per heavy atom. The van der Waals surface area contributed by atoms with Crippen LogP contribution in [0.5, 0.6) is 0 Å². The summed E-state index contributed by atoms with van der Waals surface area (Å²) in [7, 11) is 0. The highest BCUT2D eigenvalue weighted by Crippen LogP contribution is 2.28. The SMILES string of the molecule is NC(=O)CCCNC(=O)NC1(C(=O)O)CCCCC1. The normalized spacial score (nSPS) is 17.5. The van der Waals surface area contributed by atoms with Gasteiger partial charge in [-0.05, 0) is 19.3 Å². The van der Waals surface area contributed by atoms with Crippen molar-refractivity contribution in [3.8, 4) is 0 Å². The molecule has 0 aromatic rings. The zero-order valence-corrected chi connectivity index (χ0v) is 10.9. The van der Waals surface area contributed by atoms with Crippen LogP contribution in [0.15, 0.2) is 0 Å². The standard InChI is InChI=1S/C12H21N3O4/c13-9(16)5-4-8-14-11(19)15-12(10(17)18)6-2-1-3-7-12/h1-8H2,(H2,13,16)(H,17,18)(H2,14,15,19). The Kier molecular flexibility index (Phi) is 5.59. The van der Waals surface area contributed by atoms with Crippen molar-refractivity contribution in [3.05, 3.63) is 0 Å². The van der Waals surface area contributed by atoms with Gasteiger partial charge >= 0.3 is 12.0 Å². The molecule has 0 aromatic carbocycles. The molecule has 1 fully saturated rings. The summed E-state index contributed by atoms with van der Waals surface area (Å²) in [6, 6.07) is -0.506. The molecule has 0 aromatic heterocycles. The van der Waals surface area contributed by atoms with Crippen molar-refractivity contribution >= 4 is 17.9 Å². The lowest BCUT2D eigenvalue weighted by atomic mass is 9.82. The quantitative estimate of drug-likeness (QED) is 0.520. The van der Waals surface area contributed by atoms with Crippen LogP contribution in [-0.2, 0) is 9.59 Å². The van der Waals surface area contributed by atoms with Gasteiger partial charge < -0.3 is 21.5 Å². The predicted octanol–water partition coefficient (Wildman–Crippen LogP) is 0.339. The molecule has 0 radical (unpaired) electrons. The van der Waals surface area contributed by atoms with Crippen molar-refractivity contribution in [2.24, 2.45) is 5.73 Å². The summed E-state index contributed by atoms with van der Waals surface area (Å²) in [5.41, 5.74) is 3.83. The fourth-order valence-electron chi connectivity index (χ4n) is 2.27. The van der Waals surface area contributed by atoms with Crippen molar-refractivity contribution in [1.82, 2.24) is 10.6 Å². The summed E-state index contributed by atoms with van der Waals surface area (Å²) < 4.78 is 0. The van der Waals surface area contributed by atoms with Crippen LogP contribution in [0, 0.1) is 0 Å². The van der Waals surface area contributed by atoms with Crippen LogP contribution >= 0.6 is 0 Å². The van der Waals surface area contributed by atoms with Gasteiger partial charge in [0.2, 0.25) is 5.91 Å². The molecule has 5 N–H and O–H groups in total. The zero-order chi connectivity index (χ0) is 14.3. The Hall–Kier alpha value is -1.79. The average molecular weight is 271 g/mol. The maximum atomic E-state index is 11.7. The number of carboxylic acids is 1. The van der Waals surface area contributed by atoms with E-state index in [0.717, 1.165) is 19.3 Å². The predicted molar refractivity (Wildman–Crippen MR) is 68.4 cm³/mol. The summed E-state index contributed by atoms with van der Waals surface area (Å²) in [4.78, 5) is 33.5. The molecule has 1 saturated carbocycles. The van der Waals surface area contributed by atoms with E-state index in [1.54, 1.807) is 0 Å². The van der Waals surface area contributed by atoms with Crippen LogP contribution in [-0.4, -0.2) is 35.1 Å². The zero-order valence-electron chi connectivity index (χ0n) is 10.9. The molecule has 108 valence electrons. The highest BCUT2D eigenvalue weighted by Gasteiger charge is 2.40. The Morgan fingerprint density at radius 2 is 1.79 bits per heavy atom. The lowest BCUT2D eigenvalue weighted by Gasteiger charge is -2.33. The number of carbonyl (C=O) groups excluding carboxylic acids is 2. The van der Waals surface area contributed by atoms with Gasteiger partial charge in [-0.15, -0.1) is 0 Å². The second-order valence-corrected chi connectivity index (χ2v) is 4.90. The topological polar surface area (TPSA) is 122 Å². The lowest BCUT2D eigenvalue weighted by Crippen LogP contribution is -2.58. The Morgan fingerprint density at radius 1 is 1.16 bits per heavy atom. The minimum absolute atomic E-state index is 0.199. The number of primary amides is 1. The van der Waals surface area contributed by atoms with E-state index in [1.165, 1.54) is 0 Å². The van der Waals surface area contributed by atoms with Gasteiger partial charge in [0.05, 0.1) is 0 Å². The number of aliphatic carboxylic acids is 1. The molecule has 7 heteroatoms. The van der Waals surface area contributed by atoms with E-state index in [1.807, 2.05) is 0 Å². The van der Waals surface area contributed by atoms with Crippen LogP contribution in [0.2, 0.25) is 0 Å². The van der Waals surface area contributed by atoms with Gasteiger partial charge in [-0.25, -0.2) is 9.59 Å². The summed E-state index contributed by atoms with van der Waals surface area (Å²) in [6.07, 6.45) is 4.15. The number of urea groups is 1. The minimum atomic E-state index is -1.15. The van der Waals surface area contributed by atoms with Crippen molar-refractivity contribution in [2.75, 3.05) is 6.54 Å². The van der Waals surface area contributed by atoms with Crippen LogP contribution in [0.25, 0.3) is 0 Å². The van der Waals surface area contributed by atoms with Crippen LogP contribution in [0.1, 0.15) is 44.9 Å². The van der Waals surface area contributed by atoms with E-state index in [-0.39, 0.29) is 6.42 Å². The van der Waals surface area contributed by atoms with Gasteiger partial charge in [-0.1, -0.05) is 19.3 Å². The van der Waals surface area contributed by atoms with Crippen LogP contribution in [0.3, 0.4) is 0 Å². The molecule has 0 bridgehead atoms. The molecule has 0 unspecified atom stereocenters. The number of nitrogens with two attached hydrogens (primary N) is 1. The van der Waals surface area contributed by atoms with Gasteiger partial charge in [0, 0.05) is 13.0 Å². The molecule has 0 aliphatic heterocycles. The van der Waals surface area contributed by atoms with Gasteiger partial charge in [-0.2, -0.15) is 0 Å². The first-order valence-electron chi connectivity index (χ1n) is 6.54. The van der Waals surface area contributed by atoms with E-state index in [0.29, 0.717) is 25.8 Å². The Bertz CT molecular complexity index is 351. The van der Waals surface area contributed by atoms with Crippen molar-refractivity contribution in [2.45, 2.75) is 50.5 Å². The first-order chi connectivity index (χ1) is 8.96. The van der Waals surface area contributed by atoms with Crippen LogP contribution < -0.4 is 16.4 Å². The molecule has 0 saturated heterocycles. The number of hydrogen-bond donors (Lipinski definition) is 4. The summed E-state index contributed by atoms with van der Waals surface area (Å²) in [6.45, 7) is 0.296. The number of nitrogens with one attached hydrogen (secondary N) is 2. The van der Waals surface area contributed by atoms with Gasteiger partial charge in [0.15, 0.2) is 0 Å². The van der Waals surface area contributed by atoms with E-state index in [4.69, 9.17) is 5.73 Å². The van der Waals surface area contributed by atoms with Gasteiger partial charge in [0.1, 0.15) is 5.54 Å². The summed E-state index contributed by atoms with van der Waals surface area (Å²) in [5, 5.41) is 14.4. The minimum Gasteiger partial charge on any atom is -0.480 e. The van der Waals surface area contributed by atoms with E-state index in [9.17, 15) is 19.5 Å². The molecule has 7 nitrogen and oxygen atoms in total. The number of amides is 3. The van der Waals surface area contributed by atoms with E-state index in [2.05, 4.69) is 10.6 Å². The number of carbonyl (C=O) groups is 3. The first-order valence-corrected chi connectivity index (χ1v) is 6.54. The molecule has 1 aliphatic carbocycles. The second kappa shape index (κ2) is 6.96. The maximum absolute atomic E-state index is 11.7. The largest absolute Gasteiger partial charge is 0.480 e. The van der Waals surface area contributed by atoms with E-state index >= 15 is 0 Å². The summed E-state index contributed by atoms with van der Waals surface area (Å²) >= 11 is 0. The number of carboxylic acid groups (broad SMARTS) is 1. The van der Waals surface area contributed by atoms with Crippen molar-refractivity contribution < 1.29 is 19.5 Å². The van der Waals surface area contributed by atoms with Gasteiger partial charge in [0.25, 0.3) is 0 Å². The molecular formula is C12H21N3O4. The molecule has 3 amide bonds. The van der Waals surface area contributed by atoms with Crippen LogP contribution in [0.4, 0.5) is 4.79 Å². The first kappa shape index (κ1) is 15.3. The average Bonchev–Trinajstić information content (AvgIpc) is 2.35. The third kappa shape index (κ3) is 4.76. The Balaban J connectivity index is 2.39. The third-order valence-corrected chi connectivity index (χ3v) is 3.35. The molecule has 0 spiro atoms. The molecule has 19 heavy (non-hydrogen) atoms. The highest BCUT2D eigenvalue weighted by molar-refractivity contribution is 5.86. The molecule has 1 aliphatic rings. The molecule has 1 rings (SSSR count). The Labute approximate surface area is 111 Å². The maximum Gasteiger partial charge on any atom is 0.329 e. The number of hydrogen-bond acceptors (Lipinski definition) is 3. The fraction of sp³-hybridized carbons (Fsp3) is 0.750. The van der Waals surface area contributed by atoms with E-state index < -0.39 is 23.4 Å². The lowest BCUT2D eigenvalue weighted by molar-refractivity contribution is -0.145. The molecule has 0 atom stereocenters. The smallest absolute Gasteiger partial charge is 0.329 e. The highest BCUT2D eigenvalue weighted by atomic mass is 16.4. The fourth-order valence-corrected chi connectivity index (χ4v) is 2.27. The van der Waals surface area contributed by atoms with Crippen molar-refractivity contribution in [1.29, 1.82) is 0 Å².